The molecule has 0 aliphatic carbocycles. The summed E-state index contributed by atoms with van der Waals surface area (Å²) in [5.74, 6) is 0.626. The predicted octanol–water partition coefficient (Wildman–Crippen LogP) is 3.67. The van der Waals surface area contributed by atoms with Crippen LogP contribution in [0.3, 0.4) is 0 Å². The van der Waals surface area contributed by atoms with Gasteiger partial charge in [0.05, 0.1) is 7.11 Å². The van der Waals surface area contributed by atoms with E-state index in [1.807, 2.05) is 30.3 Å². The molecule has 1 amide bonds. The van der Waals surface area contributed by atoms with Crippen molar-refractivity contribution >= 4 is 6.09 Å². The highest BCUT2D eigenvalue weighted by Gasteiger charge is 2.42. The van der Waals surface area contributed by atoms with Crippen LogP contribution in [0.4, 0.5) is 9.18 Å². The SMILES string of the molecule is COc1ccc(C(O)(c2ccccc2)C2CCN(C(=O)O)CC2)cc1OCCF. The molecule has 29 heavy (non-hydrogen) atoms. The highest BCUT2D eigenvalue weighted by atomic mass is 19.1. The number of hydrogen-bond acceptors (Lipinski definition) is 4. The van der Waals surface area contributed by atoms with E-state index in [1.54, 1.807) is 18.2 Å². The number of nitrogens with zero attached hydrogens (tertiary/aromatic N) is 1. The minimum Gasteiger partial charge on any atom is -0.493 e. The van der Waals surface area contributed by atoms with Crippen LogP contribution < -0.4 is 9.47 Å². The van der Waals surface area contributed by atoms with Crippen molar-refractivity contribution in [3.63, 3.8) is 0 Å². The van der Waals surface area contributed by atoms with Gasteiger partial charge >= 0.3 is 6.09 Å². The van der Waals surface area contributed by atoms with E-state index in [0.717, 1.165) is 5.56 Å². The van der Waals surface area contributed by atoms with Crippen LogP contribution in [-0.2, 0) is 5.60 Å². The van der Waals surface area contributed by atoms with Crippen LogP contribution in [0.5, 0.6) is 11.5 Å². The Morgan fingerprint density at radius 1 is 1.14 bits per heavy atom. The van der Waals surface area contributed by atoms with Crippen LogP contribution in [0.15, 0.2) is 48.5 Å². The molecule has 2 aromatic carbocycles. The van der Waals surface area contributed by atoms with Crippen LogP contribution in [0.1, 0.15) is 24.0 Å². The van der Waals surface area contributed by atoms with E-state index in [4.69, 9.17) is 9.47 Å². The molecule has 2 aromatic rings. The number of aliphatic hydroxyl groups is 1. The fourth-order valence-corrected chi connectivity index (χ4v) is 3.99. The molecule has 1 fully saturated rings. The summed E-state index contributed by atoms with van der Waals surface area (Å²) in [5, 5.41) is 21.2. The number of benzene rings is 2. The first-order chi connectivity index (χ1) is 14.0. The maximum atomic E-state index is 12.6. The maximum absolute atomic E-state index is 12.6. The Morgan fingerprint density at radius 3 is 2.41 bits per heavy atom. The Kier molecular flexibility index (Phi) is 6.59. The first-order valence-electron chi connectivity index (χ1n) is 9.63. The molecule has 3 rings (SSSR count). The monoisotopic (exact) mass is 403 g/mol. The zero-order valence-corrected chi connectivity index (χ0v) is 16.4. The van der Waals surface area contributed by atoms with Crippen LogP contribution in [0, 0.1) is 5.92 Å². The Balaban J connectivity index is 2.02. The van der Waals surface area contributed by atoms with Gasteiger partial charge in [-0.15, -0.1) is 0 Å². The Hall–Kier alpha value is -2.80. The first kappa shape index (κ1) is 20.9. The number of methoxy groups -OCH3 is 1. The van der Waals surface area contributed by atoms with Crippen molar-refractivity contribution in [3.05, 3.63) is 59.7 Å². The molecule has 2 N–H and O–H groups in total. The fourth-order valence-electron chi connectivity index (χ4n) is 3.99. The average molecular weight is 403 g/mol. The van der Waals surface area contributed by atoms with Crippen LogP contribution >= 0.6 is 0 Å². The summed E-state index contributed by atoms with van der Waals surface area (Å²) >= 11 is 0. The lowest BCUT2D eigenvalue weighted by atomic mass is 9.72. The summed E-state index contributed by atoms with van der Waals surface area (Å²) < 4.78 is 23.4. The molecule has 0 spiro atoms. The minimum absolute atomic E-state index is 0.111. The molecule has 1 aliphatic rings. The lowest BCUT2D eigenvalue weighted by Crippen LogP contribution is -2.45. The molecule has 1 unspecified atom stereocenters. The normalized spacial score (nSPS) is 16.9. The molecular weight excluding hydrogens is 377 g/mol. The Morgan fingerprint density at radius 2 is 1.83 bits per heavy atom. The summed E-state index contributed by atoms with van der Waals surface area (Å²) in [7, 11) is 1.50. The molecule has 1 atom stereocenters. The smallest absolute Gasteiger partial charge is 0.407 e. The van der Waals surface area contributed by atoms with Gasteiger partial charge in [0.15, 0.2) is 11.5 Å². The second-order valence-corrected chi connectivity index (χ2v) is 7.08. The van der Waals surface area contributed by atoms with Crippen molar-refractivity contribution in [1.82, 2.24) is 4.90 Å². The standard InChI is InChI=1S/C22H26FNO5/c1-28-19-8-7-18(15-20(19)29-14-11-23)22(27,16-5-3-2-4-6-16)17-9-12-24(13-10-17)21(25)26/h2-8,15,17,27H,9-14H2,1H3,(H,25,26). The van der Waals surface area contributed by atoms with E-state index < -0.39 is 18.4 Å². The van der Waals surface area contributed by atoms with Gasteiger partial charge in [-0.25, -0.2) is 9.18 Å². The summed E-state index contributed by atoms with van der Waals surface area (Å²) in [6, 6.07) is 14.5. The molecule has 7 heteroatoms. The van der Waals surface area contributed by atoms with Gasteiger partial charge in [0.25, 0.3) is 0 Å². The first-order valence-corrected chi connectivity index (χ1v) is 9.63. The van der Waals surface area contributed by atoms with Crippen molar-refractivity contribution in [2.75, 3.05) is 33.5 Å². The van der Waals surface area contributed by atoms with Crippen molar-refractivity contribution in [3.8, 4) is 11.5 Å². The molecule has 6 nitrogen and oxygen atoms in total. The molecule has 0 aromatic heterocycles. The summed E-state index contributed by atoms with van der Waals surface area (Å²) in [6.07, 6.45) is 0.0903. The van der Waals surface area contributed by atoms with E-state index >= 15 is 0 Å². The molecule has 1 aliphatic heterocycles. The zero-order valence-electron chi connectivity index (χ0n) is 16.4. The summed E-state index contributed by atoms with van der Waals surface area (Å²) in [4.78, 5) is 12.6. The third-order valence-electron chi connectivity index (χ3n) is 5.51. The number of amides is 1. The van der Waals surface area contributed by atoms with Gasteiger partial charge in [0.2, 0.25) is 0 Å². The minimum atomic E-state index is -1.34. The van der Waals surface area contributed by atoms with E-state index in [1.165, 1.54) is 12.0 Å². The number of ether oxygens (including phenoxy) is 2. The quantitative estimate of drug-likeness (QED) is 0.738. The lowest BCUT2D eigenvalue weighted by Gasteiger charge is -2.41. The van der Waals surface area contributed by atoms with Gasteiger partial charge in [-0.2, -0.15) is 0 Å². The number of piperidine rings is 1. The van der Waals surface area contributed by atoms with Gasteiger partial charge in [-0.1, -0.05) is 36.4 Å². The number of likely N-dealkylation sites (tertiary alicyclic amines) is 1. The van der Waals surface area contributed by atoms with Gasteiger partial charge in [-0.3, -0.25) is 0 Å². The predicted molar refractivity (Wildman–Crippen MR) is 106 cm³/mol. The van der Waals surface area contributed by atoms with E-state index in [2.05, 4.69) is 0 Å². The molecule has 0 radical (unpaired) electrons. The van der Waals surface area contributed by atoms with E-state index in [9.17, 15) is 19.4 Å². The topological polar surface area (TPSA) is 79.2 Å². The average Bonchev–Trinajstić information content (AvgIpc) is 2.77. The molecule has 1 saturated heterocycles. The van der Waals surface area contributed by atoms with Gasteiger partial charge in [0.1, 0.15) is 18.9 Å². The fraction of sp³-hybridized carbons (Fsp3) is 0.409. The second kappa shape index (κ2) is 9.13. The van der Waals surface area contributed by atoms with Crippen LogP contribution in [0.25, 0.3) is 0 Å². The number of halogens is 1. The van der Waals surface area contributed by atoms with Crippen molar-refractivity contribution in [2.24, 2.45) is 5.92 Å². The van der Waals surface area contributed by atoms with Gasteiger partial charge in [-0.05, 0) is 42.0 Å². The van der Waals surface area contributed by atoms with Crippen LogP contribution in [0.2, 0.25) is 0 Å². The van der Waals surface area contributed by atoms with E-state index in [0.29, 0.717) is 43.0 Å². The largest absolute Gasteiger partial charge is 0.493 e. The maximum Gasteiger partial charge on any atom is 0.407 e. The summed E-state index contributed by atoms with van der Waals surface area (Å²) in [6.45, 7) is -0.0302. The number of rotatable bonds is 7. The second-order valence-electron chi connectivity index (χ2n) is 7.08. The van der Waals surface area contributed by atoms with Gasteiger partial charge < -0.3 is 24.6 Å². The summed E-state index contributed by atoms with van der Waals surface area (Å²) in [5.41, 5.74) is -0.0195. The third kappa shape index (κ3) is 4.29. The number of hydrogen-bond donors (Lipinski definition) is 2. The highest BCUT2D eigenvalue weighted by Crippen LogP contribution is 2.44. The third-order valence-corrected chi connectivity index (χ3v) is 5.51. The van der Waals surface area contributed by atoms with E-state index in [-0.39, 0.29) is 12.5 Å². The number of alkyl halides is 1. The van der Waals surface area contributed by atoms with Gasteiger partial charge in [0, 0.05) is 13.1 Å². The van der Waals surface area contributed by atoms with Crippen molar-refractivity contribution in [2.45, 2.75) is 18.4 Å². The zero-order chi connectivity index (χ0) is 20.9. The van der Waals surface area contributed by atoms with Crippen molar-refractivity contribution in [1.29, 1.82) is 0 Å². The lowest BCUT2D eigenvalue weighted by molar-refractivity contribution is -0.0123. The number of carbonyl (C=O) groups is 1. The van der Waals surface area contributed by atoms with Crippen LogP contribution in [-0.4, -0.2) is 54.7 Å². The Bertz CT molecular complexity index is 823. The highest BCUT2D eigenvalue weighted by molar-refractivity contribution is 5.65. The molecule has 0 bridgehead atoms. The van der Waals surface area contributed by atoms with Crippen molar-refractivity contribution < 1.29 is 28.9 Å². The molecule has 1 heterocycles. The molecular formula is C22H26FNO5. The Labute approximate surface area is 169 Å². The number of carboxylic acid groups (broad SMARTS) is 1. The molecule has 156 valence electrons. The molecule has 0 saturated carbocycles.